The van der Waals surface area contributed by atoms with Crippen LogP contribution in [0.15, 0.2) is 11.6 Å². The maximum absolute atomic E-state index is 10.5. The zero-order chi connectivity index (χ0) is 11.8. The number of Topliss-reactive ketones (excluding diaryl/α,β-unsaturated/α-hetero) is 1. The van der Waals surface area contributed by atoms with Crippen molar-refractivity contribution in [1.29, 1.82) is 0 Å². The van der Waals surface area contributed by atoms with Crippen molar-refractivity contribution in [2.24, 2.45) is 0 Å². The maximum atomic E-state index is 10.5. The number of aliphatic hydroxyl groups is 1. The Morgan fingerprint density at radius 3 is 2.47 bits per heavy atom. The average Bonchev–Trinajstić information content (AvgIpc) is 2.70. The third kappa shape index (κ3) is 6.29. The fraction of sp³-hybridized carbons (Fsp3) is 0.556. The number of carbonyl (C=O) groups excluding carboxylic acids is 1. The van der Waals surface area contributed by atoms with E-state index in [1.807, 2.05) is 0 Å². The SMILES string of the molecule is CC(=O)c1nccs1.CON(C)C(C)O. The van der Waals surface area contributed by atoms with E-state index in [2.05, 4.69) is 9.82 Å². The summed E-state index contributed by atoms with van der Waals surface area (Å²) in [6, 6.07) is 0. The molecule has 0 saturated carbocycles. The molecule has 5 nitrogen and oxygen atoms in total. The molecular formula is C9H16N2O3S. The predicted octanol–water partition coefficient (Wildman–Crippen LogP) is 1.16. The number of aliphatic hydroxyl groups excluding tert-OH is 1. The van der Waals surface area contributed by atoms with Crippen LogP contribution < -0.4 is 0 Å². The Balaban J connectivity index is 0.000000265. The van der Waals surface area contributed by atoms with Crippen LogP contribution in [0.1, 0.15) is 23.6 Å². The number of hydrogen-bond acceptors (Lipinski definition) is 6. The lowest BCUT2D eigenvalue weighted by atomic mass is 10.5. The summed E-state index contributed by atoms with van der Waals surface area (Å²) < 4.78 is 0. The summed E-state index contributed by atoms with van der Waals surface area (Å²) in [4.78, 5) is 18.8. The Labute approximate surface area is 93.3 Å². The van der Waals surface area contributed by atoms with Crippen molar-refractivity contribution in [3.63, 3.8) is 0 Å². The number of rotatable bonds is 3. The van der Waals surface area contributed by atoms with Crippen LogP contribution in [0.3, 0.4) is 0 Å². The number of nitrogens with zero attached hydrogens (tertiary/aromatic N) is 2. The molecule has 0 spiro atoms. The van der Waals surface area contributed by atoms with E-state index >= 15 is 0 Å². The number of hydrogen-bond donors (Lipinski definition) is 1. The molecule has 0 bridgehead atoms. The van der Waals surface area contributed by atoms with Gasteiger partial charge in [-0.1, -0.05) is 0 Å². The minimum Gasteiger partial charge on any atom is -0.377 e. The van der Waals surface area contributed by atoms with Crippen LogP contribution in [0, 0.1) is 0 Å². The first-order valence-corrected chi connectivity index (χ1v) is 5.22. The molecule has 0 aliphatic carbocycles. The maximum Gasteiger partial charge on any atom is 0.188 e. The predicted molar refractivity (Wildman–Crippen MR) is 58.6 cm³/mol. The van der Waals surface area contributed by atoms with Crippen LogP contribution in [0.25, 0.3) is 0 Å². The fourth-order valence-corrected chi connectivity index (χ4v) is 1.09. The summed E-state index contributed by atoms with van der Waals surface area (Å²) in [6.45, 7) is 3.14. The van der Waals surface area contributed by atoms with E-state index in [0.29, 0.717) is 5.01 Å². The first-order chi connectivity index (χ1) is 6.99. The Bertz CT molecular complexity index is 275. The Morgan fingerprint density at radius 1 is 1.73 bits per heavy atom. The molecule has 0 fully saturated rings. The Morgan fingerprint density at radius 2 is 2.33 bits per heavy atom. The molecule has 0 aliphatic rings. The minimum atomic E-state index is -0.523. The molecule has 1 aromatic rings. The quantitative estimate of drug-likeness (QED) is 0.481. The average molecular weight is 232 g/mol. The van der Waals surface area contributed by atoms with Gasteiger partial charge in [0.1, 0.15) is 6.23 Å². The normalized spacial score (nSPS) is 11.9. The summed E-state index contributed by atoms with van der Waals surface area (Å²) in [6.07, 6.45) is 1.10. The molecule has 1 unspecified atom stereocenters. The summed E-state index contributed by atoms with van der Waals surface area (Å²) in [7, 11) is 3.16. The number of aromatic nitrogens is 1. The highest BCUT2D eigenvalue weighted by Gasteiger charge is 1.99. The van der Waals surface area contributed by atoms with Crippen molar-refractivity contribution in [2.45, 2.75) is 20.1 Å². The van der Waals surface area contributed by atoms with Crippen LogP contribution in [-0.2, 0) is 4.84 Å². The van der Waals surface area contributed by atoms with Gasteiger partial charge in [-0.25, -0.2) is 4.98 Å². The van der Waals surface area contributed by atoms with Crippen LogP contribution in [-0.4, -0.2) is 41.3 Å². The van der Waals surface area contributed by atoms with E-state index in [0.717, 1.165) is 0 Å². The zero-order valence-electron chi connectivity index (χ0n) is 9.30. The van der Waals surface area contributed by atoms with Gasteiger partial charge in [0.15, 0.2) is 10.8 Å². The molecular weight excluding hydrogens is 216 g/mol. The van der Waals surface area contributed by atoms with E-state index < -0.39 is 6.23 Å². The van der Waals surface area contributed by atoms with Gasteiger partial charge in [0.25, 0.3) is 0 Å². The highest BCUT2D eigenvalue weighted by molar-refractivity contribution is 7.11. The molecule has 1 aromatic heterocycles. The monoisotopic (exact) mass is 232 g/mol. The molecule has 1 heterocycles. The molecule has 0 aromatic carbocycles. The summed E-state index contributed by atoms with van der Waals surface area (Å²) >= 11 is 1.37. The van der Waals surface area contributed by atoms with Crippen molar-refractivity contribution in [1.82, 2.24) is 10.0 Å². The molecule has 15 heavy (non-hydrogen) atoms. The molecule has 0 saturated heterocycles. The summed E-state index contributed by atoms with van der Waals surface area (Å²) in [5.41, 5.74) is 0. The van der Waals surface area contributed by atoms with Gasteiger partial charge in [0.05, 0.1) is 7.11 Å². The van der Waals surface area contributed by atoms with Crippen molar-refractivity contribution in [2.75, 3.05) is 14.2 Å². The molecule has 1 atom stereocenters. The minimum absolute atomic E-state index is 0.0417. The van der Waals surface area contributed by atoms with Crippen LogP contribution in [0.2, 0.25) is 0 Å². The third-order valence-electron chi connectivity index (χ3n) is 1.55. The molecule has 1 N–H and O–H groups in total. The van der Waals surface area contributed by atoms with Gasteiger partial charge < -0.3 is 9.94 Å². The van der Waals surface area contributed by atoms with Gasteiger partial charge in [0, 0.05) is 25.5 Å². The van der Waals surface area contributed by atoms with E-state index in [9.17, 15) is 4.79 Å². The van der Waals surface area contributed by atoms with Crippen LogP contribution >= 0.6 is 11.3 Å². The van der Waals surface area contributed by atoms with E-state index in [1.165, 1.54) is 30.4 Å². The molecule has 6 heteroatoms. The number of thiazole rings is 1. The topological polar surface area (TPSA) is 62.7 Å². The van der Waals surface area contributed by atoms with Gasteiger partial charge in [-0.3, -0.25) is 4.79 Å². The lowest BCUT2D eigenvalue weighted by molar-refractivity contribution is -0.195. The van der Waals surface area contributed by atoms with Gasteiger partial charge in [-0.2, -0.15) is 5.06 Å². The fourth-order valence-electron chi connectivity index (χ4n) is 0.550. The number of hydroxylamine groups is 2. The van der Waals surface area contributed by atoms with Crippen molar-refractivity contribution in [3.05, 3.63) is 16.6 Å². The third-order valence-corrected chi connectivity index (χ3v) is 2.42. The Kier molecular flexibility index (Phi) is 7.06. The second kappa shape index (κ2) is 7.47. The van der Waals surface area contributed by atoms with Gasteiger partial charge in [0.2, 0.25) is 0 Å². The number of ketones is 1. The van der Waals surface area contributed by atoms with E-state index in [1.54, 1.807) is 25.5 Å². The van der Waals surface area contributed by atoms with Gasteiger partial charge in [-0.15, -0.1) is 11.3 Å². The molecule has 1 rings (SSSR count). The molecule has 0 aliphatic heterocycles. The zero-order valence-corrected chi connectivity index (χ0v) is 10.1. The van der Waals surface area contributed by atoms with E-state index in [-0.39, 0.29) is 5.78 Å². The lowest BCUT2D eigenvalue weighted by Crippen LogP contribution is -2.26. The largest absolute Gasteiger partial charge is 0.377 e. The smallest absolute Gasteiger partial charge is 0.188 e. The molecule has 0 amide bonds. The van der Waals surface area contributed by atoms with Crippen molar-refractivity contribution < 1.29 is 14.7 Å². The molecule has 0 radical (unpaired) electrons. The highest BCUT2D eigenvalue weighted by atomic mass is 32.1. The highest BCUT2D eigenvalue weighted by Crippen LogP contribution is 2.02. The van der Waals surface area contributed by atoms with Crippen LogP contribution in [0.4, 0.5) is 0 Å². The van der Waals surface area contributed by atoms with E-state index in [4.69, 9.17) is 5.11 Å². The first kappa shape index (κ1) is 14.2. The lowest BCUT2D eigenvalue weighted by Gasteiger charge is -2.15. The first-order valence-electron chi connectivity index (χ1n) is 4.34. The van der Waals surface area contributed by atoms with Crippen LogP contribution in [0.5, 0.6) is 0 Å². The van der Waals surface area contributed by atoms with Crippen molar-refractivity contribution >= 4 is 17.1 Å². The van der Waals surface area contributed by atoms with Gasteiger partial charge in [-0.05, 0) is 6.92 Å². The summed E-state index contributed by atoms with van der Waals surface area (Å²) in [5.74, 6) is 0.0417. The second-order valence-corrected chi connectivity index (χ2v) is 3.65. The van der Waals surface area contributed by atoms with Gasteiger partial charge >= 0.3 is 0 Å². The van der Waals surface area contributed by atoms with Crippen molar-refractivity contribution in [3.8, 4) is 0 Å². The number of carbonyl (C=O) groups is 1. The second-order valence-electron chi connectivity index (χ2n) is 2.75. The summed E-state index contributed by atoms with van der Waals surface area (Å²) in [5, 5.41) is 12.3. The standard InChI is InChI=1S/C5H5NOS.C4H11NO2/c1-4(7)5-6-2-3-8-5;1-4(6)5(2)7-3/h2-3H,1H3;4,6H,1-3H3. The Hall–Kier alpha value is -0.820. The molecule has 86 valence electrons.